The van der Waals surface area contributed by atoms with Crippen LogP contribution in [0.1, 0.15) is 51.6 Å². The molecule has 2 atom stereocenters. The number of halogens is 1. The maximum atomic E-state index is 8.78. The third-order valence-corrected chi connectivity index (χ3v) is 4.73. The second-order valence-electron chi connectivity index (χ2n) is 7.07. The molecule has 0 bridgehead atoms. The van der Waals surface area contributed by atoms with Gasteiger partial charge in [0, 0.05) is 23.9 Å². The Morgan fingerprint density at radius 1 is 1.34 bits per heavy atom. The largest absolute Gasteiger partial charge is 0.474 e. The van der Waals surface area contributed by atoms with E-state index in [1.54, 1.807) is 0 Å². The number of pyridine rings is 1. The van der Waals surface area contributed by atoms with E-state index in [2.05, 4.69) is 28.8 Å². The quantitative estimate of drug-likeness (QED) is 0.718. The number of anilines is 1. The molecule has 29 heavy (non-hydrogen) atoms. The van der Waals surface area contributed by atoms with Gasteiger partial charge in [-0.1, -0.05) is 31.9 Å². The first-order valence-corrected chi connectivity index (χ1v) is 10.5. The van der Waals surface area contributed by atoms with Gasteiger partial charge in [0.2, 0.25) is 11.8 Å². The summed E-state index contributed by atoms with van der Waals surface area (Å²) in [5.41, 5.74) is 7.91. The van der Waals surface area contributed by atoms with Crippen molar-refractivity contribution in [2.45, 2.75) is 65.1 Å². The third kappa shape index (κ3) is 7.76. The van der Waals surface area contributed by atoms with Crippen molar-refractivity contribution in [1.29, 1.82) is 0 Å². The van der Waals surface area contributed by atoms with Gasteiger partial charge in [-0.05, 0) is 38.7 Å². The van der Waals surface area contributed by atoms with Gasteiger partial charge in [-0.25, -0.2) is 15.0 Å². The third-order valence-electron chi connectivity index (χ3n) is 4.46. The van der Waals surface area contributed by atoms with Gasteiger partial charge in [-0.2, -0.15) is 0 Å². The van der Waals surface area contributed by atoms with Crippen molar-refractivity contribution in [2.75, 3.05) is 18.9 Å². The van der Waals surface area contributed by atoms with Gasteiger partial charge < -0.3 is 20.3 Å². The Kier molecular flexibility index (Phi) is 9.57. The molecule has 2 unspecified atom stereocenters. The first-order chi connectivity index (χ1) is 13.9. The van der Waals surface area contributed by atoms with E-state index in [1.807, 2.05) is 19.1 Å². The maximum Gasteiger partial charge on any atom is 0.220 e. The summed E-state index contributed by atoms with van der Waals surface area (Å²) in [5.74, 6) is 0.775. The average Bonchev–Trinajstić information content (AvgIpc) is 2.70. The van der Waals surface area contributed by atoms with Gasteiger partial charge in [-0.3, -0.25) is 0 Å². The summed E-state index contributed by atoms with van der Waals surface area (Å²) in [7, 11) is 0. The van der Waals surface area contributed by atoms with E-state index in [9.17, 15) is 0 Å². The lowest BCUT2D eigenvalue weighted by atomic mass is 10.1. The van der Waals surface area contributed by atoms with Gasteiger partial charge in [0.15, 0.2) is 0 Å². The van der Waals surface area contributed by atoms with Crippen LogP contribution in [0.4, 0.5) is 5.95 Å². The second kappa shape index (κ2) is 11.9. The molecule has 3 N–H and O–H groups in total. The number of aryl methyl sites for hydroxylation is 1. The number of ether oxygens (including phenoxy) is 2. The number of hydrogen-bond acceptors (Lipinski definition) is 7. The molecule has 0 radical (unpaired) electrons. The molecule has 3 heterocycles. The zero-order valence-corrected chi connectivity index (χ0v) is 18.2. The molecule has 3 rings (SSSR count). The SMILES string of the molecule is CCCC(CC)Oc1cc(-c2nc(N)ncc2Cl)cc(C)n1.OC1CCCOC1. The van der Waals surface area contributed by atoms with Gasteiger partial charge in [0.05, 0.1) is 29.6 Å². The molecule has 1 saturated heterocycles. The lowest BCUT2D eigenvalue weighted by Gasteiger charge is -2.17. The van der Waals surface area contributed by atoms with E-state index >= 15 is 0 Å². The van der Waals surface area contributed by atoms with Crippen molar-refractivity contribution in [3.05, 3.63) is 29.0 Å². The normalized spacial score (nSPS) is 17.2. The van der Waals surface area contributed by atoms with Crippen LogP contribution in [0.15, 0.2) is 18.3 Å². The summed E-state index contributed by atoms with van der Waals surface area (Å²) in [4.78, 5) is 12.5. The van der Waals surface area contributed by atoms with Gasteiger partial charge in [-0.15, -0.1) is 0 Å². The molecule has 0 spiro atoms. The van der Waals surface area contributed by atoms with Crippen LogP contribution in [0.2, 0.25) is 5.02 Å². The van der Waals surface area contributed by atoms with Crippen LogP contribution in [0.5, 0.6) is 5.88 Å². The van der Waals surface area contributed by atoms with E-state index in [4.69, 9.17) is 31.9 Å². The molecule has 1 fully saturated rings. The number of nitrogens with two attached hydrogens (primary N) is 1. The molecule has 0 aromatic carbocycles. The highest BCUT2D eigenvalue weighted by atomic mass is 35.5. The van der Waals surface area contributed by atoms with Crippen molar-refractivity contribution >= 4 is 17.5 Å². The average molecular weight is 423 g/mol. The zero-order valence-electron chi connectivity index (χ0n) is 17.4. The van der Waals surface area contributed by atoms with E-state index in [1.165, 1.54) is 6.20 Å². The highest BCUT2D eigenvalue weighted by Crippen LogP contribution is 2.29. The first kappa shape index (κ1) is 23.3. The second-order valence-corrected chi connectivity index (χ2v) is 7.48. The predicted molar refractivity (Wildman–Crippen MR) is 115 cm³/mol. The molecule has 2 aromatic rings. The lowest BCUT2D eigenvalue weighted by Crippen LogP contribution is -2.21. The zero-order chi connectivity index (χ0) is 21.2. The molecular formula is C21H31ClN4O3. The number of nitrogens with zero attached hydrogens (tertiary/aromatic N) is 3. The Morgan fingerprint density at radius 2 is 2.14 bits per heavy atom. The lowest BCUT2D eigenvalue weighted by molar-refractivity contribution is -0.00535. The Bertz CT molecular complexity index is 770. The van der Waals surface area contributed by atoms with E-state index in [0.29, 0.717) is 23.2 Å². The number of hydrogen-bond donors (Lipinski definition) is 2. The Balaban J connectivity index is 0.000000360. The number of nitrogen functional groups attached to an aromatic ring is 1. The summed E-state index contributed by atoms with van der Waals surface area (Å²) >= 11 is 6.18. The van der Waals surface area contributed by atoms with Gasteiger partial charge in [0.1, 0.15) is 6.10 Å². The van der Waals surface area contributed by atoms with Crippen LogP contribution in [-0.4, -0.2) is 45.5 Å². The minimum atomic E-state index is -0.186. The molecule has 160 valence electrons. The van der Waals surface area contributed by atoms with Crippen molar-refractivity contribution in [3.63, 3.8) is 0 Å². The summed E-state index contributed by atoms with van der Waals surface area (Å²) in [6.45, 7) is 7.54. The molecule has 7 nitrogen and oxygen atoms in total. The van der Waals surface area contributed by atoms with Crippen LogP contribution in [0.3, 0.4) is 0 Å². The van der Waals surface area contributed by atoms with Crippen LogP contribution in [0.25, 0.3) is 11.3 Å². The molecule has 0 aliphatic carbocycles. The van der Waals surface area contributed by atoms with Crippen molar-refractivity contribution in [3.8, 4) is 17.1 Å². The molecular weight excluding hydrogens is 392 g/mol. The van der Waals surface area contributed by atoms with E-state index in [-0.39, 0.29) is 18.2 Å². The van der Waals surface area contributed by atoms with Crippen LogP contribution in [0, 0.1) is 6.92 Å². The fourth-order valence-corrected chi connectivity index (χ4v) is 3.18. The monoisotopic (exact) mass is 422 g/mol. The Hall–Kier alpha value is -1.96. The smallest absolute Gasteiger partial charge is 0.220 e. The molecule has 0 saturated carbocycles. The summed E-state index contributed by atoms with van der Waals surface area (Å²) in [5, 5.41) is 9.23. The van der Waals surface area contributed by atoms with Crippen molar-refractivity contribution in [1.82, 2.24) is 15.0 Å². The topological polar surface area (TPSA) is 103 Å². The fourth-order valence-electron chi connectivity index (χ4n) is 2.98. The van der Waals surface area contributed by atoms with Crippen LogP contribution >= 0.6 is 11.6 Å². The van der Waals surface area contributed by atoms with Crippen molar-refractivity contribution < 1.29 is 14.6 Å². The molecule has 1 aliphatic heterocycles. The fraction of sp³-hybridized carbons (Fsp3) is 0.571. The molecule has 8 heteroatoms. The van der Waals surface area contributed by atoms with Gasteiger partial charge in [0.25, 0.3) is 0 Å². The van der Waals surface area contributed by atoms with Crippen molar-refractivity contribution in [2.24, 2.45) is 0 Å². The number of aliphatic hydroxyl groups is 1. The number of rotatable bonds is 6. The Morgan fingerprint density at radius 3 is 2.72 bits per heavy atom. The standard InChI is InChI=1S/C16H21ClN4O.C5H10O2/c1-4-6-12(5-2)22-14-8-11(7-10(3)20-14)15-13(17)9-19-16(18)21-15;6-5-2-1-3-7-4-5/h7-9,12H,4-6H2,1-3H3,(H2,18,19,21);5-6H,1-4H2. The van der Waals surface area contributed by atoms with Gasteiger partial charge >= 0.3 is 0 Å². The summed E-state index contributed by atoms with van der Waals surface area (Å²) in [6, 6.07) is 3.75. The maximum absolute atomic E-state index is 8.78. The minimum Gasteiger partial charge on any atom is -0.474 e. The minimum absolute atomic E-state index is 0.165. The molecule has 1 aliphatic rings. The number of aromatic nitrogens is 3. The molecule has 0 amide bonds. The number of aliphatic hydroxyl groups excluding tert-OH is 1. The van der Waals surface area contributed by atoms with E-state index in [0.717, 1.165) is 50.0 Å². The Labute approximate surface area is 177 Å². The van der Waals surface area contributed by atoms with E-state index < -0.39 is 0 Å². The summed E-state index contributed by atoms with van der Waals surface area (Å²) < 4.78 is 10.9. The van der Waals surface area contributed by atoms with Crippen LogP contribution in [-0.2, 0) is 4.74 Å². The predicted octanol–water partition coefficient (Wildman–Crippen LogP) is 4.20. The summed E-state index contributed by atoms with van der Waals surface area (Å²) in [6.07, 6.45) is 6.43. The van der Waals surface area contributed by atoms with Crippen LogP contribution < -0.4 is 10.5 Å². The highest BCUT2D eigenvalue weighted by Gasteiger charge is 2.13. The molecule has 2 aromatic heterocycles. The first-order valence-electron chi connectivity index (χ1n) is 10.1. The highest BCUT2D eigenvalue weighted by molar-refractivity contribution is 6.32.